The van der Waals surface area contributed by atoms with Crippen LogP contribution in [0.1, 0.15) is 21.7 Å². The van der Waals surface area contributed by atoms with Crippen LogP contribution in [0.2, 0.25) is 0 Å². The molecule has 1 saturated heterocycles. The molecule has 0 spiro atoms. The molecule has 1 amide bonds. The van der Waals surface area contributed by atoms with Gasteiger partial charge < -0.3 is 9.64 Å². The van der Waals surface area contributed by atoms with Gasteiger partial charge in [0.25, 0.3) is 5.91 Å². The van der Waals surface area contributed by atoms with Crippen molar-refractivity contribution < 1.29 is 14.3 Å². The average molecular weight is 437 g/mol. The van der Waals surface area contributed by atoms with E-state index in [1.165, 1.54) is 11.3 Å². The number of ether oxygens (including phenoxy) is 1. The third-order valence-electron chi connectivity index (χ3n) is 4.26. The number of benzene rings is 1. The Labute approximate surface area is 165 Å². The van der Waals surface area contributed by atoms with Gasteiger partial charge in [-0.1, -0.05) is 30.3 Å². The zero-order valence-corrected chi connectivity index (χ0v) is 16.8. The molecule has 2 heterocycles. The van der Waals surface area contributed by atoms with Crippen LogP contribution in [0.5, 0.6) is 0 Å². The Morgan fingerprint density at radius 3 is 2.58 bits per heavy atom. The predicted octanol–water partition coefficient (Wildman–Crippen LogP) is 3.40. The van der Waals surface area contributed by atoms with Crippen LogP contribution in [-0.2, 0) is 16.1 Å². The van der Waals surface area contributed by atoms with Crippen molar-refractivity contribution in [1.82, 2.24) is 9.80 Å². The number of rotatable bonds is 5. The second kappa shape index (κ2) is 9.30. The number of halogens is 1. The molecule has 1 fully saturated rings. The fourth-order valence-electron chi connectivity index (χ4n) is 2.88. The van der Waals surface area contributed by atoms with Gasteiger partial charge in [0.05, 0.1) is 15.2 Å². The smallest absolute Gasteiger partial charge is 0.320 e. The number of thiophene rings is 1. The van der Waals surface area contributed by atoms with Gasteiger partial charge in [-0.15, -0.1) is 11.3 Å². The monoisotopic (exact) mass is 436 g/mol. The van der Waals surface area contributed by atoms with E-state index < -0.39 is 0 Å². The molecular weight excluding hydrogens is 416 g/mol. The van der Waals surface area contributed by atoms with Crippen molar-refractivity contribution in [2.45, 2.75) is 13.0 Å². The fourth-order valence-corrected chi connectivity index (χ4v) is 4.24. The number of amides is 1. The lowest BCUT2D eigenvalue weighted by molar-refractivity contribution is -0.146. The molecule has 138 valence electrons. The Balaban J connectivity index is 1.46. The molecule has 1 aromatic carbocycles. The number of carbonyl (C=O) groups excluding carboxylic acids is 2. The highest BCUT2D eigenvalue weighted by Crippen LogP contribution is 2.23. The number of nitrogens with zero attached hydrogens (tertiary/aromatic N) is 2. The third kappa shape index (κ3) is 5.40. The quantitative estimate of drug-likeness (QED) is 0.673. The molecule has 1 aliphatic heterocycles. The molecule has 0 unspecified atom stereocenters. The molecule has 1 aliphatic rings. The van der Waals surface area contributed by atoms with Crippen molar-refractivity contribution in [3.8, 4) is 0 Å². The molecule has 5 nitrogen and oxygen atoms in total. The van der Waals surface area contributed by atoms with E-state index in [9.17, 15) is 9.59 Å². The Morgan fingerprint density at radius 2 is 1.85 bits per heavy atom. The van der Waals surface area contributed by atoms with E-state index >= 15 is 0 Å². The van der Waals surface area contributed by atoms with Crippen LogP contribution in [0.25, 0.3) is 0 Å². The minimum Gasteiger partial charge on any atom is -0.460 e. The maximum atomic E-state index is 12.6. The Kier molecular flexibility index (Phi) is 6.82. The maximum Gasteiger partial charge on any atom is 0.320 e. The first kappa shape index (κ1) is 19.1. The van der Waals surface area contributed by atoms with Crippen molar-refractivity contribution in [3.63, 3.8) is 0 Å². The van der Waals surface area contributed by atoms with Crippen LogP contribution in [0.4, 0.5) is 0 Å². The first-order chi connectivity index (χ1) is 12.6. The van der Waals surface area contributed by atoms with Gasteiger partial charge in [-0.3, -0.25) is 14.5 Å². The maximum absolute atomic E-state index is 12.6. The summed E-state index contributed by atoms with van der Waals surface area (Å²) in [4.78, 5) is 29.3. The van der Waals surface area contributed by atoms with Gasteiger partial charge in [-0.2, -0.15) is 0 Å². The normalized spacial score (nSPS) is 15.5. The molecule has 0 N–H and O–H groups in total. The predicted molar refractivity (Wildman–Crippen MR) is 105 cm³/mol. The fraction of sp³-hybridized carbons (Fsp3) is 0.368. The highest BCUT2D eigenvalue weighted by Gasteiger charge is 2.22. The van der Waals surface area contributed by atoms with Crippen molar-refractivity contribution in [1.29, 1.82) is 0 Å². The molecule has 0 atom stereocenters. The van der Waals surface area contributed by atoms with Crippen molar-refractivity contribution >= 4 is 39.1 Å². The largest absolute Gasteiger partial charge is 0.460 e. The number of carbonyl (C=O) groups is 2. The van der Waals surface area contributed by atoms with Gasteiger partial charge in [0, 0.05) is 26.2 Å². The lowest BCUT2D eigenvalue weighted by Gasteiger charge is -2.21. The summed E-state index contributed by atoms with van der Waals surface area (Å²) in [6.07, 6.45) is 0.851. The van der Waals surface area contributed by atoms with Crippen LogP contribution < -0.4 is 0 Å². The molecule has 1 aromatic heterocycles. The zero-order chi connectivity index (χ0) is 18.4. The minimum absolute atomic E-state index is 0.0641. The summed E-state index contributed by atoms with van der Waals surface area (Å²) in [5.41, 5.74) is 0.982. The van der Waals surface area contributed by atoms with Crippen LogP contribution in [0.3, 0.4) is 0 Å². The topological polar surface area (TPSA) is 49.9 Å². The lowest BCUT2D eigenvalue weighted by atomic mass is 10.2. The second-order valence-electron chi connectivity index (χ2n) is 6.17. The van der Waals surface area contributed by atoms with Crippen molar-refractivity contribution in [2.75, 3.05) is 32.7 Å². The molecule has 2 aromatic rings. The zero-order valence-electron chi connectivity index (χ0n) is 14.4. The number of hydrogen-bond donors (Lipinski definition) is 0. The molecule has 26 heavy (non-hydrogen) atoms. The summed E-state index contributed by atoms with van der Waals surface area (Å²) < 4.78 is 6.31. The van der Waals surface area contributed by atoms with Crippen LogP contribution >= 0.6 is 27.3 Å². The highest BCUT2D eigenvalue weighted by molar-refractivity contribution is 9.11. The average Bonchev–Trinajstić information content (AvgIpc) is 2.95. The first-order valence-electron chi connectivity index (χ1n) is 8.58. The Hall–Kier alpha value is -1.70. The molecular formula is C19H21BrN2O3S. The van der Waals surface area contributed by atoms with Crippen molar-refractivity contribution in [3.05, 3.63) is 56.7 Å². The standard InChI is InChI=1S/C19H21BrN2O3S/c20-17-8-7-16(26-17)19(24)22-10-4-9-21(11-12-22)13-18(23)25-14-15-5-2-1-3-6-15/h1-3,5-8H,4,9-14H2. The molecule has 0 radical (unpaired) electrons. The van der Waals surface area contributed by atoms with E-state index in [2.05, 4.69) is 20.8 Å². The summed E-state index contributed by atoms with van der Waals surface area (Å²) in [5.74, 6) is -0.162. The third-order valence-corrected chi connectivity index (χ3v) is 5.87. The minimum atomic E-state index is -0.226. The summed E-state index contributed by atoms with van der Waals surface area (Å²) >= 11 is 4.85. The number of hydrogen-bond acceptors (Lipinski definition) is 5. The van der Waals surface area contributed by atoms with E-state index in [0.29, 0.717) is 26.2 Å². The van der Waals surface area contributed by atoms with Crippen LogP contribution in [-0.4, -0.2) is 54.4 Å². The summed E-state index contributed by atoms with van der Waals surface area (Å²) in [5, 5.41) is 0. The summed E-state index contributed by atoms with van der Waals surface area (Å²) in [6, 6.07) is 13.4. The summed E-state index contributed by atoms with van der Waals surface area (Å²) in [6.45, 7) is 3.37. The van der Waals surface area contributed by atoms with Gasteiger partial charge in [0.1, 0.15) is 6.61 Å². The van der Waals surface area contributed by atoms with E-state index in [1.807, 2.05) is 47.4 Å². The lowest BCUT2D eigenvalue weighted by Crippen LogP contribution is -2.36. The first-order valence-corrected chi connectivity index (χ1v) is 10.2. The van der Waals surface area contributed by atoms with Crippen LogP contribution in [0.15, 0.2) is 46.3 Å². The SMILES string of the molecule is O=C(CN1CCCN(C(=O)c2ccc(Br)s2)CC1)OCc1ccccc1. The highest BCUT2D eigenvalue weighted by atomic mass is 79.9. The van der Waals surface area contributed by atoms with E-state index in [0.717, 1.165) is 27.2 Å². The molecule has 0 bridgehead atoms. The van der Waals surface area contributed by atoms with E-state index in [4.69, 9.17) is 4.74 Å². The van der Waals surface area contributed by atoms with Crippen LogP contribution in [0, 0.1) is 0 Å². The second-order valence-corrected chi connectivity index (χ2v) is 8.63. The van der Waals surface area contributed by atoms with Gasteiger partial charge in [-0.25, -0.2) is 0 Å². The molecule has 3 rings (SSSR count). The molecule has 7 heteroatoms. The Morgan fingerprint density at radius 1 is 1.04 bits per heavy atom. The summed E-state index contributed by atoms with van der Waals surface area (Å²) in [7, 11) is 0. The number of esters is 1. The Bertz CT molecular complexity index is 750. The van der Waals surface area contributed by atoms with Gasteiger partial charge in [0.15, 0.2) is 0 Å². The van der Waals surface area contributed by atoms with E-state index in [1.54, 1.807) is 0 Å². The van der Waals surface area contributed by atoms with Crippen molar-refractivity contribution in [2.24, 2.45) is 0 Å². The van der Waals surface area contributed by atoms with E-state index in [-0.39, 0.29) is 18.4 Å². The molecule has 0 saturated carbocycles. The molecule has 0 aliphatic carbocycles. The van der Waals surface area contributed by atoms with Gasteiger partial charge >= 0.3 is 5.97 Å². The van der Waals surface area contributed by atoms with Gasteiger partial charge in [-0.05, 0) is 40.0 Å². The van der Waals surface area contributed by atoms with Gasteiger partial charge in [0.2, 0.25) is 0 Å².